The number of primary amides is 1. The molecule has 1 fully saturated rings. The fourth-order valence-corrected chi connectivity index (χ4v) is 5.48. The van der Waals surface area contributed by atoms with Crippen LogP contribution in [0.25, 0.3) is 11.0 Å². The van der Waals surface area contributed by atoms with Crippen LogP contribution < -0.4 is 16.3 Å². The molecule has 1 aliphatic rings. The summed E-state index contributed by atoms with van der Waals surface area (Å²) in [7, 11) is 0. The van der Waals surface area contributed by atoms with E-state index < -0.39 is 0 Å². The van der Waals surface area contributed by atoms with Gasteiger partial charge in [-0.15, -0.1) is 0 Å². The van der Waals surface area contributed by atoms with Crippen LogP contribution in [-0.4, -0.2) is 28.1 Å². The van der Waals surface area contributed by atoms with Crippen LogP contribution in [0.5, 0.6) is 0 Å². The Morgan fingerprint density at radius 2 is 1.63 bits per heavy atom. The van der Waals surface area contributed by atoms with Gasteiger partial charge in [-0.1, -0.05) is 59.6 Å². The van der Waals surface area contributed by atoms with Crippen molar-refractivity contribution in [2.24, 2.45) is 5.73 Å². The minimum Gasteiger partial charge on any atom is -0.371 e. The van der Waals surface area contributed by atoms with Crippen molar-refractivity contribution < 1.29 is 4.79 Å². The zero-order chi connectivity index (χ0) is 24.5. The standard InChI is InChI=1S/C27H27Cl2N5O/c28-20-10-9-18(15-26(30)35)25(16-20)32-13-11-21(12-14-32)34-24-8-4-3-7-23(24)33(27(34)31)17-19-5-1-2-6-22(19)29/h1-10,16,21,31H,11-15,17H2,(H2,30,35). The Morgan fingerprint density at radius 3 is 2.34 bits per heavy atom. The van der Waals surface area contributed by atoms with Gasteiger partial charge in [0.25, 0.3) is 0 Å². The molecule has 3 aromatic carbocycles. The van der Waals surface area contributed by atoms with E-state index in [4.69, 9.17) is 34.3 Å². The summed E-state index contributed by atoms with van der Waals surface area (Å²) < 4.78 is 4.19. The van der Waals surface area contributed by atoms with E-state index in [0.717, 1.165) is 53.8 Å². The van der Waals surface area contributed by atoms with Crippen LogP contribution in [0.1, 0.15) is 30.0 Å². The van der Waals surface area contributed by atoms with E-state index >= 15 is 0 Å². The fourth-order valence-electron chi connectivity index (χ4n) is 5.11. The van der Waals surface area contributed by atoms with Crippen molar-refractivity contribution in [2.75, 3.05) is 18.0 Å². The number of carbonyl (C=O) groups is 1. The quantitative estimate of drug-likeness (QED) is 0.378. The largest absolute Gasteiger partial charge is 0.371 e. The first-order valence-corrected chi connectivity index (χ1v) is 12.5. The first kappa shape index (κ1) is 23.5. The second kappa shape index (κ2) is 9.80. The molecule has 1 aromatic heterocycles. The van der Waals surface area contributed by atoms with Crippen molar-refractivity contribution in [1.82, 2.24) is 9.13 Å². The van der Waals surface area contributed by atoms with Crippen LogP contribution in [0, 0.1) is 5.41 Å². The number of fused-ring (bicyclic) bond motifs is 1. The highest BCUT2D eigenvalue weighted by Gasteiger charge is 2.26. The van der Waals surface area contributed by atoms with E-state index in [1.165, 1.54) is 0 Å². The first-order valence-electron chi connectivity index (χ1n) is 11.7. The van der Waals surface area contributed by atoms with Crippen LogP contribution in [0.4, 0.5) is 5.69 Å². The Kier molecular flexibility index (Phi) is 6.58. The number of aromatic nitrogens is 2. The lowest BCUT2D eigenvalue weighted by Gasteiger charge is -2.35. The molecule has 5 rings (SSSR count). The first-order chi connectivity index (χ1) is 16.9. The number of carbonyl (C=O) groups excluding carboxylic acids is 1. The molecule has 35 heavy (non-hydrogen) atoms. The second-order valence-corrected chi connectivity index (χ2v) is 9.84. The second-order valence-electron chi connectivity index (χ2n) is 8.99. The van der Waals surface area contributed by atoms with Crippen LogP contribution in [0.15, 0.2) is 66.7 Å². The van der Waals surface area contributed by atoms with E-state index in [9.17, 15) is 4.79 Å². The molecule has 0 saturated carbocycles. The van der Waals surface area contributed by atoms with Gasteiger partial charge in [0.2, 0.25) is 11.5 Å². The summed E-state index contributed by atoms with van der Waals surface area (Å²) in [5.74, 6) is -0.357. The summed E-state index contributed by atoms with van der Waals surface area (Å²) >= 11 is 12.7. The van der Waals surface area contributed by atoms with Crippen LogP contribution in [0.2, 0.25) is 10.0 Å². The fraction of sp³-hybridized carbons (Fsp3) is 0.259. The van der Waals surface area contributed by atoms with Gasteiger partial charge in [-0.25, -0.2) is 0 Å². The maximum Gasteiger partial charge on any atom is 0.221 e. The molecule has 3 N–H and O–H groups in total. The molecule has 180 valence electrons. The maximum absolute atomic E-state index is 11.6. The summed E-state index contributed by atoms with van der Waals surface area (Å²) in [5, 5.41) is 10.4. The Labute approximate surface area is 214 Å². The lowest BCUT2D eigenvalue weighted by atomic mass is 10.0. The third-order valence-corrected chi connectivity index (χ3v) is 7.39. The zero-order valence-corrected chi connectivity index (χ0v) is 20.8. The molecule has 0 unspecified atom stereocenters. The van der Waals surface area contributed by atoms with Gasteiger partial charge in [0, 0.05) is 34.9 Å². The molecular formula is C27H27Cl2N5O. The summed E-state index contributed by atoms with van der Waals surface area (Å²) in [4.78, 5) is 13.8. The number of rotatable bonds is 6. The van der Waals surface area contributed by atoms with Crippen LogP contribution in [-0.2, 0) is 17.8 Å². The maximum atomic E-state index is 11.6. The number of hydrogen-bond acceptors (Lipinski definition) is 3. The number of nitrogens with one attached hydrogen (secondary N) is 1. The number of benzene rings is 3. The molecule has 8 heteroatoms. The van der Waals surface area contributed by atoms with Gasteiger partial charge in [0.15, 0.2) is 0 Å². The van der Waals surface area contributed by atoms with Gasteiger partial charge in [-0.3, -0.25) is 10.2 Å². The number of nitrogens with two attached hydrogens (primary N) is 1. The third-order valence-electron chi connectivity index (χ3n) is 6.78. The topological polar surface area (TPSA) is 80.0 Å². The predicted octanol–water partition coefficient (Wildman–Crippen LogP) is 5.15. The SMILES string of the molecule is N=c1n(Cc2ccccc2Cl)c2ccccc2n1C1CCN(c2cc(Cl)ccc2CC(N)=O)CC1. The van der Waals surface area contributed by atoms with Gasteiger partial charge < -0.3 is 19.8 Å². The number of amides is 1. The molecule has 0 spiro atoms. The van der Waals surface area contributed by atoms with Crippen molar-refractivity contribution in [3.05, 3.63) is 93.5 Å². The van der Waals surface area contributed by atoms with Gasteiger partial charge in [0.1, 0.15) is 0 Å². The highest BCUT2D eigenvalue weighted by molar-refractivity contribution is 6.31. The van der Waals surface area contributed by atoms with Gasteiger partial charge in [-0.05, 0) is 54.3 Å². The summed E-state index contributed by atoms with van der Waals surface area (Å²) in [6.45, 7) is 2.14. The predicted molar refractivity (Wildman–Crippen MR) is 141 cm³/mol. The molecule has 1 saturated heterocycles. The molecule has 0 aliphatic carbocycles. The summed E-state index contributed by atoms with van der Waals surface area (Å²) in [6, 6.07) is 21.8. The Hall–Kier alpha value is -3.22. The number of hydrogen-bond donors (Lipinski definition) is 2. The Morgan fingerprint density at radius 1 is 0.943 bits per heavy atom. The molecule has 4 aromatic rings. The molecule has 6 nitrogen and oxygen atoms in total. The van der Waals surface area contributed by atoms with Gasteiger partial charge >= 0.3 is 0 Å². The van der Waals surface area contributed by atoms with Crippen molar-refractivity contribution in [1.29, 1.82) is 5.41 Å². The molecule has 0 radical (unpaired) electrons. The number of nitrogens with zero attached hydrogens (tertiary/aromatic N) is 3. The number of imidazole rings is 1. The van der Waals surface area contributed by atoms with Crippen molar-refractivity contribution in [3.8, 4) is 0 Å². The van der Waals surface area contributed by atoms with Crippen molar-refractivity contribution >= 4 is 45.8 Å². The average Bonchev–Trinajstić information content (AvgIpc) is 3.13. The molecule has 1 amide bonds. The van der Waals surface area contributed by atoms with E-state index in [2.05, 4.69) is 21.6 Å². The summed E-state index contributed by atoms with van der Waals surface area (Å²) in [6.07, 6.45) is 1.94. The van der Waals surface area contributed by atoms with E-state index in [1.807, 2.05) is 53.1 Å². The minimum atomic E-state index is -0.357. The monoisotopic (exact) mass is 507 g/mol. The summed E-state index contributed by atoms with van der Waals surface area (Å²) in [5.41, 5.74) is 10.9. The number of anilines is 1. The van der Waals surface area contributed by atoms with Crippen molar-refractivity contribution in [2.45, 2.75) is 31.8 Å². The smallest absolute Gasteiger partial charge is 0.221 e. The van der Waals surface area contributed by atoms with Crippen LogP contribution in [0.3, 0.4) is 0 Å². The Balaban J connectivity index is 1.44. The minimum absolute atomic E-state index is 0.188. The molecule has 1 aliphatic heterocycles. The average molecular weight is 508 g/mol. The van der Waals surface area contributed by atoms with E-state index in [0.29, 0.717) is 22.2 Å². The van der Waals surface area contributed by atoms with Crippen molar-refractivity contribution in [3.63, 3.8) is 0 Å². The number of halogens is 2. The lowest BCUT2D eigenvalue weighted by Crippen LogP contribution is -2.38. The highest BCUT2D eigenvalue weighted by atomic mass is 35.5. The van der Waals surface area contributed by atoms with E-state index in [-0.39, 0.29) is 18.4 Å². The molecule has 0 atom stereocenters. The van der Waals surface area contributed by atoms with E-state index in [1.54, 1.807) is 6.07 Å². The number of piperidine rings is 1. The third kappa shape index (κ3) is 4.68. The molecule has 0 bridgehead atoms. The van der Waals surface area contributed by atoms with Gasteiger partial charge in [0.05, 0.1) is 24.0 Å². The molecular weight excluding hydrogens is 481 g/mol. The zero-order valence-electron chi connectivity index (χ0n) is 19.3. The van der Waals surface area contributed by atoms with Gasteiger partial charge in [-0.2, -0.15) is 0 Å². The number of para-hydroxylation sites is 2. The molecule has 2 heterocycles. The van der Waals surface area contributed by atoms with Crippen LogP contribution >= 0.6 is 23.2 Å². The normalized spacial score (nSPS) is 14.5. The Bertz CT molecular complexity index is 1450. The lowest BCUT2D eigenvalue weighted by molar-refractivity contribution is -0.117. The highest BCUT2D eigenvalue weighted by Crippen LogP contribution is 2.32.